The van der Waals surface area contributed by atoms with Crippen molar-refractivity contribution >= 4 is 22.5 Å². The maximum Gasteiger partial charge on any atom is 0.135 e. The number of halogens is 1. The van der Waals surface area contributed by atoms with E-state index in [0.29, 0.717) is 17.7 Å². The molecule has 0 spiro atoms. The summed E-state index contributed by atoms with van der Waals surface area (Å²) < 4.78 is 5.59. The topological polar surface area (TPSA) is 22.1 Å². The van der Waals surface area contributed by atoms with Crippen molar-refractivity contribution in [3.8, 4) is 0 Å². The molecule has 2 aromatic rings. The van der Waals surface area contributed by atoms with Gasteiger partial charge in [-0.05, 0) is 18.1 Å². The molecule has 90 valence electrons. The molecule has 2 rings (SSSR count). The van der Waals surface area contributed by atoms with Crippen LogP contribution in [0.5, 0.6) is 0 Å². The third kappa shape index (κ3) is 3.18. The SMILES string of the molecule is CC(C)COCc1cc2ccccc2nc1Cl. The highest BCUT2D eigenvalue weighted by Gasteiger charge is 2.05. The van der Waals surface area contributed by atoms with Crippen LogP contribution in [0.4, 0.5) is 0 Å². The van der Waals surface area contributed by atoms with Gasteiger partial charge in [-0.3, -0.25) is 0 Å². The first kappa shape index (κ1) is 12.3. The number of rotatable bonds is 4. The predicted octanol–water partition coefficient (Wildman–Crippen LogP) is 4.06. The maximum atomic E-state index is 6.13. The van der Waals surface area contributed by atoms with Gasteiger partial charge < -0.3 is 4.74 Å². The quantitative estimate of drug-likeness (QED) is 0.763. The van der Waals surface area contributed by atoms with E-state index in [1.807, 2.05) is 30.3 Å². The average Bonchev–Trinajstić information content (AvgIpc) is 2.29. The summed E-state index contributed by atoms with van der Waals surface area (Å²) in [6.07, 6.45) is 0. The lowest BCUT2D eigenvalue weighted by Crippen LogP contribution is -2.02. The molecule has 3 heteroatoms. The highest BCUT2D eigenvalue weighted by atomic mass is 35.5. The summed E-state index contributed by atoms with van der Waals surface area (Å²) >= 11 is 6.13. The van der Waals surface area contributed by atoms with E-state index in [-0.39, 0.29) is 0 Å². The first-order chi connectivity index (χ1) is 8.16. The number of fused-ring (bicyclic) bond motifs is 1. The molecule has 0 atom stereocenters. The molecule has 2 nitrogen and oxygen atoms in total. The van der Waals surface area contributed by atoms with Crippen molar-refractivity contribution in [2.75, 3.05) is 6.61 Å². The lowest BCUT2D eigenvalue weighted by atomic mass is 10.2. The Kier molecular flexibility index (Phi) is 3.97. The van der Waals surface area contributed by atoms with Gasteiger partial charge >= 0.3 is 0 Å². The second kappa shape index (κ2) is 5.48. The monoisotopic (exact) mass is 249 g/mol. The minimum atomic E-state index is 0.523. The second-order valence-electron chi connectivity index (χ2n) is 4.54. The highest BCUT2D eigenvalue weighted by molar-refractivity contribution is 6.30. The van der Waals surface area contributed by atoms with Crippen molar-refractivity contribution in [2.24, 2.45) is 5.92 Å². The van der Waals surface area contributed by atoms with Crippen LogP contribution in [0.1, 0.15) is 19.4 Å². The molecule has 0 amide bonds. The number of hydrogen-bond donors (Lipinski definition) is 0. The first-order valence-electron chi connectivity index (χ1n) is 5.78. The van der Waals surface area contributed by atoms with Gasteiger partial charge in [0.2, 0.25) is 0 Å². The fraction of sp³-hybridized carbons (Fsp3) is 0.357. The predicted molar refractivity (Wildman–Crippen MR) is 71.2 cm³/mol. The van der Waals surface area contributed by atoms with Crippen LogP contribution in [-0.2, 0) is 11.3 Å². The molecule has 0 bridgehead atoms. The lowest BCUT2D eigenvalue weighted by Gasteiger charge is -2.09. The van der Waals surface area contributed by atoms with E-state index in [1.54, 1.807) is 0 Å². The number of ether oxygens (including phenoxy) is 1. The molecular formula is C14H16ClNO. The third-order valence-corrected chi connectivity index (χ3v) is 2.79. The number of pyridine rings is 1. The van der Waals surface area contributed by atoms with Crippen molar-refractivity contribution in [1.29, 1.82) is 0 Å². The summed E-state index contributed by atoms with van der Waals surface area (Å²) in [5.74, 6) is 0.530. The first-order valence-corrected chi connectivity index (χ1v) is 6.16. The van der Waals surface area contributed by atoms with Crippen LogP contribution in [0, 0.1) is 5.92 Å². The van der Waals surface area contributed by atoms with E-state index in [9.17, 15) is 0 Å². The van der Waals surface area contributed by atoms with E-state index in [0.717, 1.165) is 23.1 Å². The number of hydrogen-bond acceptors (Lipinski definition) is 2. The molecule has 0 radical (unpaired) electrons. The van der Waals surface area contributed by atoms with Crippen LogP contribution in [0.2, 0.25) is 5.15 Å². The molecule has 0 aliphatic rings. The summed E-state index contributed by atoms with van der Waals surface area (Å²) in [6.45, 7) is 5.51. The van der Waals surface area contributed by atoms with Gasteiger partial charge in [0.25, 0.3) is 0 Å². The molecule has 0 fully saturated rings. The fourth-order valence-electron chi connectivity index (χ4n) is 1.64. The van der Waals surface area contributed by atoms with Crippen LogP contribution >= 0.6 is 11.6 Å². The van der Waals surface area contributed by atoms with Gasteiger partial charge in [0.15, 0.2) is 0 Å². The van der Waals surface area contributed by atoms with Crippen LogP contribution in [0.25, 0.3) is 10.9 Å². The summed E-state index contributed by atoms with van der Waals surface area (Å²) in [4.78, 5) is 4.36. The highest BCUT2D eigenvalue weighted by Crippen LogP contribution is 2.21. The van der Waals surface area contributed by atoms with Crippen molar-refractivity contribution < 1.29 is 4.74 Å². The van der Waals surface area contributed by atoms with E-state index in [1.165, 1.54) is 0 Å². The van der Waals surface area contributed by atoms with Gasteiger partial charge in [-0.15, -0.1) is 0 Å². The molecule has 0 aliphatic carbocycles. The Bertz CT molecular complexity index is 511. The van der Waals surface area contributed by atoms with Gasteiger partial charge in [-0.1, -0.05) is 43.6 Å². The number of para-hydroxylation sites is 1. The smallest absolute Gasteiger partial charge is 0.135 e. The average molecular weight is 250 g/mol. The number of nitrogens with zero attached hydrogens (tertiary/aromatic N) is 1. The van der Waals surface area contributed by atoms with E-state index < -0.39 is 0 Å². The van der Waals surface area contributed by atoms with Crippen LogP contribution in [-0.4, -0.2) is 11.6 Å². The summed E-state index contributed by atoms with van der Waals surface area (Å²) in [5.41, 5.74) is 1.87. The standard InChI is InChI=1S/C14H16ClNO/c1-10(2)8-17-9-12-7-11-5-3-4-6-13(11)16-14(12)15/h3-7,10H,8-9H2,1-2H3. The fourth-order valence-corrected chi connectivity index (χ4v) is 1.84. The molecule has 1 aromatic heterocycles. The zero-order valence-electron chi connectivity index (χ0n) is 10.1. The van der Waals surface area contributed by atoms with E-state index >= 15 is 0 Å². The Morgan fingerprint density at radius 1 is 1.29 bits per heavy atom. The van der Waals surface area contributed by atoms with Crippen molar-refractivity contribution in [3.63, 3.8) is 0 Å². The van der Waals surface area contributed by atoms with Gasteiger partial charge in [0.1, 0.15) is 5.15 Å². The lowest BCUT2D eigenvalue weighted by molar-refractivity contribution is 0.0970. The zero-order valence-corrected chi connectivity index (χ0v) is 10.9. The number of aromatic nitrogens is 1. The van der Waals surface area contributed by atoms with Crippen LogP contribution in [0.3, 0.4) is 0 Å². The molecular weight excluding hydrogens is 234 g/mol. The van der Waals surface area contributed by atoms with Gasteiger partial charge in [-0.2, -0.15) is 0 Å². The maximum absolute atomic E-state index is 6.13. The van der Waals surface area contributed by atoms with Gasteiger partial charge in [-0.25, -0.2) is 4.98 Å². The van der Waals surface area contributed by atoms with Crippen molar-refractivity contribution in [2.45, 2.75) is 20.5 Å². The second-order valence-corrected chi connectivity index (χ2v) is 4.90. The van der Waals surface area contributed by atoms with E-state index in [4.69, 9.17) is 16.3 Å². The molecule has 0 N–H and O–H groups in total. The van der Waals surface area contributed by atoms with Gasteiger partial charge in [0, 0.05) is 17.6 Å². The summed E-state index contributed by atoms with van der Waals surface area (Å²) in [5, 5.41) is 1.63. The van der Waals surface area contributed by atoms with Crippen molar-refractivity contribution in [1.82, 2.24) is 4.98 Å². The minimum absolute atomic E-state index is 0.523. The van der Waals surface area contributed by atoms with Crippen LogP contribution < -0.4 is 0 Å². The van der Waals surface area contributed by atoms with Crippen LogP contribution in [0.15, 0.2) is 30.3 Å². The normalized spacial score (nSPS) is 11.3. The Labute approximate surface area is 107 Å². The molecule has 0 aliphatic heterocycles. The number of benzene rings is 1. The molecule has 0 saturated heterocycles. The molecule has 1 heterocycles. The Morgan fingerprint density at radius 3 is 2.82 bits per heavy atom. The largest absolute Gasteiger partial charge is 0.376 e. The Hall–Kier alpha value is -1.12. The van der Waals surface area contributed by atoms with Gasteiger partial charge in [0.05, 0.1) is 12.1 Å². The van der Waals surface area contributed by atoms with E-state index in [2.05, 4.69) is 18.8 Å². The summed E-state index contributed by atoms with van der Waals surface area (Å²) in [6, 6.07) is 9.99. The Balaban J connectivity index is 2.19. The minimum Gasteiger partial charge on any atom is -0.376 e. The van der Waals surface area contributed by atoms with Crippen molar-refractivity contribution in [3.05, 3.63) is 41.0 Å². The molecule has 0 saturated carbocycles. The molecule has 0 unspecified atom stereocenters. The molecule has 17 heavy (non-hydrogen) atoms. The zero-order chi connectivity index (χ0) is 12.3. The third-order valence-electron chi connectivity index (χ3n) is 2.46. The Morgan fingerprint density at radius 2 is 2.06 bits per heavy atom. The molecule has 1 aromatic carbocycles. The summed E-state index contributed by atoms with van der Waals surface area (Å²) in [7, 11) is 0.